The third-order valence-electron chi connectivity index (χ3n) is 2.84. The van der Waals surface area contributed by atoms with Crippen LogP contribution in [0.5, 0.6) is 5.75 Å². The molecule has 2 aromatic rings. The van der Waals surface area contributed by atoms with Gasteiger partial charge in [0, 0.05) is 20.2 Å². The van der Waals surface area contributed by atoms with Gasteiger partial charge in [0.05, 0.1) is 10.7 Å². The molecule has 1 heterocycles. The average Bonchev–Trinajstić information content (AvgIpc) is 2.40. The van der Waals surface area contributed by atoms with Crippen LogP contribution in [0, 0.1) is 0 Å². The monoisotopic (exact) mass is 280 g/mol. The van der Waals surface area contributed by atoms with Crippen molar-refractivity contribution in [1.29, 1.82) is 0 Å². The highest BCUT2D eigenvalue weighted by Crippen LogP contribution is 2.23. The minimum Gasteiger partial charge on any atom is -0.486 e. The minimum absolute atomic E-state index is 0.103. The number of nitrogens with zero attached hydrogens (tertiary/aromatic N) is 2. The van der Waals surface area contributed by atoms with Crippen LogP contribution in [0.4, 0.5) is 0 Å². The first-order valence-electron chi connectivity index (χ1n) is 5.64. The van der Waals surface area contributed by atoms with Gasteiger partial charge >= 0.3 is 5.69 Å². The summed E-state index contributed by atoms with van der Waals surface area (Å²) in [6.45, 7) is 0.103. The van der Waals surface area contributed by atoms with E-state index in [0.29, 0.717) is 16.5 Å². The minimum atomic E-state index is -0.384. The Morgan fingerprint density at radius 2 is 1.84 bits per heavy atom. The number of benzene rings is 1. The smallest absolute Gasteiger partial charge is 0.330 e. The second-order valence-electron chi connectivity index (χ2n) is 4.09. The fourth-order valence-corrected chi connectivity index (χ4v) is 1.82. The normalized spacial score (nSPS) is 10.5. The van der Waals surface area contributed by atoms with Gasteiger partial charge in [0.2, 0.25) is 0 Å². The molecule has 0 N–H and O–H groups in total. The van der Waals surface area contributed by atoms with Crippen molar-refractivity contribution >= 4 is 11.6 Å². The molecule has 0 radical (unpaired) electrons. The molecule has 0 aliphatic carbocycles. The molecule has 1 aromatic carbocycles. The lowest BCUT2D eigenvalue weighted by atomic mass is 10.3. The van der Waals surface area contributed by atoms with Gasteiger partial charge in [-0.3, -0.25) is 13.9 Å². The Morgan fingerprint density at radius 1 is 1.16 bits per heavy atom. The third-order valence-corrected chi connectivity index (χ3v) is 3.15. The third kappa shape index (κ3) is 2.71. The van der Waals surface area contributed by atoms with E-state index in [4.69, 9.17) is 16.3 Å². The van der Waals surface area contributed by atoms with Crippen molar-refractivity contribution in [3.05, 3.63) is 61.9 Å². The van der Waals surface area contributed by atoms with E-state index < -0.39 is 0 Å². The summed E-state index contributed by atoms with van der Waals surface area (Å²) in [5, 5.41) is 0.483. The molecule has 0 unspecified atom stereocenters. The van der Waals surface area contributed by atoms with Gasteiger partial charge in [-0.15, -0.1) is 0 Å². The van der Waals surface area contributed by atoms with Gasteiger partial charge in [-0.2, -0.15) is 0 Å². The number of hydrogen-bond donors (Lipinski definition) is 0. The first-order chi connectivity index (χ1) is 9.00. The van der Waals surface area contributed by atoms with Crippen molar-refractivity contribution in [3.8, 4) is 5.75 Å². The van der Waals surface area contributed by atoms with Crippen molar-refractivity contribution < 1.29 is 4.74 Å². The van der Waals surface area contributed by atoms with E-state index in [1.165, 1.54) is 17.7 Å². The maximum atomic E-state index is 11.7. The quantitative estimate of drug-likeness (QED) is 0.852. The molecule has 0 spiro atoms. The van der Waals surface area contributed by atoms with Gasteiger partial charge in [-0.1, -0.05) is 23.7 Å². The maximum absolute atomic E-state index is 11.7. The van der Waals surface area contributed by atoms with Crippen molar-refractivity contribution in [2.45, 2.75) is 6.61 Å². The zero-order chi connectivity index (χ0) is 14.0. The molecule has 100 valence electrons. The van der Waals surface area contributed by atoms with Crippen LogP contribution in [0.1, 0.15) is 5.69 Å². The van der Waals surface area contributed by atoms with Crippen molar-refractivity contribution in [3.63, 3.8) is 0 Å². The van der Waals surface area contributed by atoms with Crippen LogP contribution in [0.2, 0.25) is 5.02 Å². The molecule has 5 nitrogen and oxygen atoms in total. The summed E-state index contributed by atoms with van der Waals surface area (Å²) in [5.41, 5.74) is -0.251. The summed E-state index contributed by atoms with van der Waals surface area (Å²) < 4.78 is 7.93. The molecule has 0 amide bonds. The second-order valence-corrected chi connectivity index (χ2v) is 4.50. The molecule has 6 heteroatoms. The number of para-hydroxylation sites is 1. The topological polar surface area (TPSA) is 53.2 Å². The maximum Gasteiger partial charge on any atom is 0.330 e. The molecule has 0 saturated carbocycles. The summed E-state index contributed by atoms with van der Waals surface area (Å²) in [5.74, 6) is 0.511. The number of halogens is 1. The van der Waals surface area contributed by atoms with E-state index in [-0.39, 0.29) is 17.9 Å². The van der Waals surface area contributed by atoms with Crippen LogP contribution in [-0.4, -0.2) is 9.13 Å². The highest BCUT2D eigenvalue weighted by Gasteiger charge is 2.07. The first kappa shape index (κ1) is 13.4. The lowest BCUT2D eigenvalue weighted by Gasteiger charge is -2.11. The van der Waals surface area contributed by atoms with Gasteiger partial charge in [0.1, 0.15) is 12.4 Å². The number of ether oxygens (including phenoxy) is 1. The zero-order valence-corrected chi connectivity index (χ0v) is 11.3. The van der Waals surface area contributed by atoms with E-state index in [0.717, 1.165) is 4.57 Å². The first-order valence-corrected chi connectivity index (χ1v) is 6.02. The molecule has 0 atom stereocenters. The number of rotatable bonds is 3. The molecule has 0 aliphatic heterocycles. The van der Waals surface area contributed by atoms with Gasteiger partial charge in [0.25, 0.3) is 5.56 Å². The van der Waals surface area contributed by atoms with Crippen molar-refractivity contribution in [1.82, 2.24) is 9.13 Å². The molecule has 1 aromatic heterocycles. The number of hydrogen-bond acceptors (Lipinski definition) is 3. The van der Waals surface area contributed by atoms with Crippen LogP contribution in [-0.2, 0) is 20.7 Å². The van der Waals surface area contributed by atoms with Crippen LogP contribution in [0.25, 0.3) is 0 Å². The van der Waals surface area contributed by atoms with E-state index >= 15 is 0 Å². The van der Waals surface area contributed by atoms with E-state index in [1.807, 2.05) is 0 Å². The SMILES string of the molecule is Cn1c(COc2ccccc2Cl)cc(=O)n(C)c1=O. The van der Waals surface area contributed by atoms with Gasteiger partial charge in [0.15, 0.2) is 0 Å². The lowest BCUT2D eigenvalue weighted by Crippen LogP contribution is -2.38. The summed E-state index contributed by atoms with van der Waals surface area (Å²) in [4.78, 5) is 23.3. The van der Waals surface area contributed by atoms with Gasteiger partial charge in [-0.05, 0) is 12.1 Å². The summed E-state index contributed by atoms with van der Waals surface area (Å²) in [7, 11) is 3.02. The Kier molecular flexibility index (Phi) is 3.76. The molecule has 2 rings (SSSR count). The zero-order valence-electron chi connectivity index (χ0n) is 10.6. The van der Waals surface area contributed by atoms with E-state index in [1.54, 1.807) is 31.3 Å². The Hall–Kier alpha value is -2.01. The van der Waals surface area contributed by atoms with Crippen molar-refractivity contribution in [2.75, 3.05) is 0 Å². The highest BCUT2D eigenvalue weighted by molar-refractivity contribution is 6.32. The average molecular weight is 281 g/mol. The van der Waals surface area contributed by atoms with Gasteiger partial charge in [-0.25, -0.2) is 4.79 Å². The molecular weight excluding hydrogens is 268 g/mol. The molecular formula is C13H13ClN2O3. The Bertz CT molecular complexity index is 719. The van der Waals surface area contributed by atoms with E-state index in [9.17, 15) is 9.59 Å². The summed E-state index contributed by atoms with van der Waals surface area (Å²) in [6, 6.07) is 8.40. The molecule has 0 aliphatic rings. The number of aromatic nitrogens is 2. The van der Waals surface area contributed by atoms with Crippen LogP contribution < -0.4 is 16.0 Å². The molecule has 0 saturated heterocycles. The predicted octanol–water partition coefficient (Wildman–Crippen LogP) is 1.32. The Morgan fingerprint density at radius 3 is 2.53 bits per heavy atom. The second kappa shape index (κ2) is 5.32. The van der Waals surface area contributed by atoms with Crippen LogP contribution in [0.3, 0.4) is 0 Å². The fraction of sp³-hybridized carbons (Fsp3) is 0.231. The molecule has 19 heavy (non-hydrogen) atoms. The van der Waals surface area contributed by atoms with Gasteiger partial charge < -0.3 is 4.74 Å². The summed E-state index contributed by atoms with van der Waals surface area (Å²) in [6.07, 6.45) is 0. The molecule has 0 bridgehead atoms. The van der Waals surface area contributed by atoms with Crippen molar-refractivity contribution in [2.24, 2.45) is 14.1 Å². The largest absolute Gasteiger partial charge is 0.486 e. The highest BCUT2D eigenvalue weighted by atomic mass is 35.5. The Balaban J connectivity index is 2.29. The lowest BCUT2D eigenvalue weighted by molar-refractivity contribution is 0.293. The molecule has 0 fully saturated rings. The van der Waals surface area contributed by atoms with E-state index in [2.05, 4.69) is 0 Å². The standard InChI is InChI=1S/C13H13ClN2O3/c1-15-9(7-12(17)16(2)13(15)18)8-19-11-6-4-3-5-10(11)14/h3-7H,8H2,1-2H3. The fourth-order valence-electron chi connectivity index (χ4n) is 1.63. The Labute approximate surface area is 114 Å². The van der Waals surface area contributed by atoms with Crippen LogP contribution in [0.15, 0.2) is 39.9 Å². The van der Waals surface area contributed by atoms with Crippen LogP contribution >= 0.6 is 11.6 Å². The summed E-state index contributed by atoms with van der Waals surface area (Å²) >= 11 is 5.96. The predicted molar refractivity (Wildman–Crippen MR) is 72.7 cm³/mol.